The molecule has 7 heteroatoms. The van der Waals surface area contributed by atoms with Crippen molar-refractivity contribution < 1.29 is 9.90 Å². The van der Waals surface area contributed by atoms with Crippen LogP contribution < -0.4 is 5.73 Å². The lowest BCUT2D eigenvalue weighted by molar-refractivity contribution is 0.105. The number of benzene rings is 2. The summed E-state index contributed by atoms with van der Waals surface area (Å²) in [7, 11) is 0. The third-order valence-corrected chi connectivity index (χ3v) is 6.07. The minimum absolute atomic E-state index is 0.0590. The van der Waals surface area contributed by atoms with Gasteiger partial charge in [0.2, 0.25) is 0 Å². The van der Waals surface area contributed by atoms with E-state index in [1.807, 2.05) is 75.4 Å². The molecule has 2 heterocycles. The minimum atomic E-state index is -1.21. The van der Waals surface area contributed by atoms with Crippen molar-refractivity contribution in [3.63, 3.8) is 0 Å². The molecule has 0 saturated carbocycles. The summed E-state index contributed by atoms with van der Waals surface area (Å²) in [6, 6.07) is 16.8. The van der Waals surface area contributed by atoms with Crippen molar-refractivity contribution in [1.82, 2.24) is 19.7 Å². The van der Waals surface area contributed by atoms with Crippen LogP contribution in [0.5, 0.6) is 0 Å². The van der Waals surface area contributed by atoms with E-state index in [4.69, 9.17) is 10.8 Å². The third kappa shape index (κ3) is 4.90. The van der Waals surface area contributed by atoms with Crippen molar-refractivity contribution in [3.05, 3.63) is 88.9 Å². The van der Waals surface area contributed by atoms with Crippen molar-refractivity contribution in [2.75, 3.05) is 5.73 Å². The van der Waals surface area contributed by atoms with Gasteiger partial charge in [-0.1, -0.05) is 60.5 Å². The van der Waals surface area contributed by atoms with Crippen LogP contribution in [0.15, 0.2) is 66.5 Å². The molecule has 0 radical (unpaired) electrons. The van der Waals surface area contributed by atoms with Gasteiger partial charge in [0.25, 0.3) is 0 Å². The molecule has 1 unspecified atom stereocenters. The molecule has 0 amide bonds. The van der Waals surface area contributed by atoms with Gasteiger partial charge in [-0.15, -0.1) is 0 Å². The lowest BCUT2D eigenvalue weighted by Gasteiger charge is -2.19. The smallest absolute Gasteiger partial charge is 0.193 e. The van der Waals surface area contributed by atoms with Crippen LogP contribution in [0.2, 0.25) is 0 Å². The second-order valence-electron chi connectivity index (χ2n) is 9.30. The number of allylic oxidation sites excluding steroid dienone is 2. The van der Waals surface area contributed by atoms with Crippen LogP contribution in [-0.4, -0.2) is 36.2 Å². The second kappa shape index (κ2) is 9.76. The summed E-state index contributed by atoms with van der Waals surface area (Å²) < 4.78 is 1.71. The maximum atomic E-state index is 13.9. The first kappa shape index (κ1) is 24.8. The average molecular weight is 480 g/mol. The van der Waals surface area contributed by atoms with E-state index in [0.29, 0.717) is 27.9 Å². The van der Waals surface area contributed by atoms with Gasteiger partial charge in [0.15, 0.2) is 11.4 Å². The Kier molecular flexibility index (Phi) is 6.73. The highest BCUT2D eigenvalue weighted by Gasteiger charge is 2.25. The molecule has 0 aliphatic rings. The summed E-state index contributed by atoms with van der Waals surface area (Å²) in [4.78, 5) is 22.4. The highest BCUT2D eigenvalue weighted by molar-refractivity contribution is 6.30. The van der Waals surface area contributed by atoms with Crippen LogP contribution in [0.1, 0.15) is 60.9 Å². The number of anilines is 1. The number of nitrogens with two attached hydrogens (primary N) is 1. The van der Waals surface area contributed by atoms with Crippen LogP contribution >= 0.6 is 0 Å². The Morgan fingerprint density at radius 2 is 1.75 bits per heavy atom. The van der Waals surface area contributed by atoms with Gasteiger partial charge in [0.1, 0.15) is 23.4 Å². The largest absolute Gasteiger partial charge is 0.383 e. The lowest BCUT2D eigenvalue weighted by atomic mass is 9.89. The molecule has 3 N–H and O–H groups in total. The molecule has 0 saturated heterocycles. The summed E-state index contributed by atoms with van der Waals surface area (Å²) >= 11 is 0. The topological polar surface area (TPSA) is 107 Å². The molecule has 0 aliphatic carbocycles. The van der Waals surface area contributed by atoms with Crippen LogP contribution in [0, 0.1) is 18.8 Å². The fourth-order valence-electron chi connectivity index (χ4n) is 4.06. The Balaban J connectivity index is 1.93. The number of carbonyl (C=O) groups excluding carboxylic acids is 1. The summed E-state index contributed by atoms with van der Waals surface area (Å²) in [6.07, 6.45) is 1.38. The Hall–Kier alpha value is -4.28. The zero-order valence-corrected chi connectivity index (χ0v) is 21.1. The normalized spacial score (nSPS) is 13.1. The van der Waals surface area contributed by atoms with E-state index >= 15 is 0 Å². The molecule has 36 heavy (non-hydrogen) atoms. The Morgan fingerprint density at radius 3 is 2.42 bits per heavy atom. The predicted octanol–water partition coefficient (Wildman–Crippen LogP) is 4.76. The molecule has 0 aliphatic heterocycles. The maximum Gasteiger partial charge on any atom is 0.193 e. The van der Waals surface area contributed by atoms with E-state index in [1.54, 1.807) is 18.5 Å². The standard InChI is InChI=1S/C29H29N5O2/c1-18-11-9-10-14-22(18)26(35)24(21-12-7-6-8-13-21)19(2)20(3)34-28-25(27(30)31-17-32-28)23(33-34)15-16-29(4,5)36/h6-14,17,20,36H,1-5H3,(H2,30,31,32)/b24-19+. The van der Waals surface area contributed by atoms with E-state index in [-0.39, 0.29) is 17.6 Å². The van der Waals surface area contributed by atoms with Gasteiger partial charge in [-0.25, -0.2) is 14.6 Å². The summed E-state index contributed by atoms with van der Waals surface area (Å²) in [5.74, 6) is 5.90. The van der Waals surface area contributed by atoms with Gasteiger partial charge in [-0.3, -0.25) is 4.79 Å². The first-order valence-electron chi connectivity index (χ1n) is 11.7. The molecular formula is C29H29N5O2. The summed E-state index contributed by atoms with van der Waals surface area (Å²) in [5.41, 5.74) is 9.65. The molecule has 2 aromatic carbocycles. The third-order valence-electron chi connectivity index (χ3n) is 6.07. The van der Waals surface area contributed by atoms with Gasteiger partial charge in [0.05, 0.1) is 11.4 Å². The van der Waals surface area contributed by atoms with Gasteiger partial charge in [0, 0.05) is 11.1 Å². The molecule has 0 spiro atoms. The van der Waals surface area contributed by atoms with Gasteiger partial charge >= 0.3 is 0 Å². The quantitative estimate of drug-likeness (QED) is 0.243. The molecule has 0 fully saturated rings. The first-order chi connectivity index (χ1) is 17.1. The number of fused-ring (bicyclic) bond motifs is 1. The van der Waals surface area contributed by atoms with Crippen LogP contribution in [0.3, 0.4) is 0 Å². The number of carbonyl (C=O) groups is 1. The molecule has 7 nitrogen and oxygen atoms in total. The number of rotatable bonds is 5. The monoisotopic (exact) mass is 479 g/mol. The summed E-state index contributed by atoms with van der Waals surface area (Å²) in [6.45, 7) is 9.02. The molecule has 4 aromatic rings. The molecule has 182 valence electrons. The minimum Gasteiger partial charge on any atom is -0.383 e. The fraction of sp³-hybridized carbons (Fsp3) is 0.241. The van der Waals surface area contributed by atoms with Gasteiger partial charge < -0.3 is 10.8 Å². The average Bonchev–Trinajstić information content (AvgIpc) is 3.23. The molecule has 0 bridgehead atoms. The number of ketones is 1. The fourth-order valence-corrected chi connectivity index (χ4v) is 4.06. The van der Waals surface area contributed by atoms with Crippen LogP contribution in [0.25, 0.3) is 16.6 Å². The SMILES string of the molecule is C/C(=C(\C(=O)c1ccccc1C)c1ccccc1)C(C)n1nc(C#CC(C)(C)O)c2c(N)ncnc21. The lowest BCUT2D eigenvalue weighted by Crippen LogP contribution is -2.15. The predicted molar refractivity (Wildman–Crippen MR) is 142 cm³/mol. The van der Waals surface area contributed by atoms with Crippen molar-refractivity contribution in [2.45, 2.75) is 46.3 Å². The Bertz CT molecular complexity index is 1530. The van der Waals surface area contributed by atoms with Crippen molar-refractivity contribution in [3.8, 4) is 11.8 Å². The zero-order chi connectivity index (χ0) is 26.0. The Labute approximate surface area is 210 Å². The van der Waals surface area contributed by atoms with E-state index in [2.05, 4.69) is 21.8 Å². The highest BCUT2D eigenvalue weighted by atomic mass is 16.3. The second-order valence-corrected chi connectivity index (χ2v) is 9.30. The van der Waals surface area contributed by atoms with Gasteiger partial charge in [-0.05, 0) is 57.2 Å². The number of aromatic nitrogens is 4. The van der Waals surface area contributed by atoms with Crippen LogP contribution in [0.4, 0.5) is 5.82 Å². The summed E-state index contributed by atoms with van der Waals surface area (Å²) in [5, 5.41) is 15.3. The number of aryl methyl sites for hydroxylation is 1. The van der Waals surface area contributed by atoms with E-state index in [0.717, 1.165) is 16.7 Å². The molecule has 1 atom stereocenters. The van der Waals surface area contributed by atoms with E-state index in [1.165, 1.54) is 6.33 Å². The van der Waals surface area contributed by atoms with Crippen LogP contribution in [-0.2, 0) is 0 Å². The number of nitrogens with zero attached hydrogens (tertiary/aromatic N) is 4. The van der Waals surface area contributed by atoms with Gasteiger partial charge in [-0.2, -0.15) is 5.10 Å². The number of Topliss-reactive ketones (excluding diaryl/α,β-unsaturated/α-hetero) is 1. The van der Waals surface area contributed by atoms with E-state index in [9.17, 15) is 9.90 Å². The number of hydrogen-bond acceptors (Lipinski definition) is 6. The molecule has 4 rings (SSSR count). The zero-order valence-electron chi connectivity index (χ0n) is 21.1. The molecular weight excluding hydrogens is 450 g/mol. The Morgan fingerprint density at radius 1 is 1.08 bits per heavy atom. The molecule has 2 aromatic heterocycles. The highest BCUT2D eigenvalue weighted by Crippen LogP contribution is 2.33. The number of nitrogen functional groups attached to an aromatic ring is 1. The van der Waals surface area contributed by atoms with E-state index < -0.39 is 5.60 Å². The first-order valence-corrected chi connectivity index (χ1v) is 11.7. The maximum absolute atomic E-state index is 13.9. The van der Waals surface area contributed by atoms with Crippen molar-refractivity contribution in [2.24, 2.45) is 0 Å². The number of hydrogen-bond donors (Lipinski definition) is 2. The number of aliphatic hydroxyl groups is 1. The van der Waals surface area contributed by atoms with Crippen molar-refractivity contribution >= 4 is 28.2 Å². The van der Waals surface area contributed by atoms with Crippen molar-refractivity contribution in [1.29, 1.82) is 0 Å².